The van der Waals surface area contributed by atoms with Gasteiger partial charge in [-0.25, -0.2) is 0 Å². The third kappa shape index (κ3) is 5.12. The number of nitrogens with one attached hydrogen (secondary N) is 2. The second-order valence-electron chi connectivity index (χ2n) is 11.5. The number of ether oxygens (including phenoxy) is 2. The molecule has 4 bridgehead atoms. The van der Waals surface area contributed by atoms with Crippen molar-refractivity contribution in [3.05, 3.63) is 29.8 Å². The van der Waals surface area contributed by atoms with E-state index in [9.17, 15) is 9.59 Å². The zero-order chi connectivity index (χ0) is 23.6. The molecule has 0 atom stereocenters. The molecule has 4 saturated carbocycles. The van der Waals surface area contributed by atoms with Crippen LogP contribution in [0.3, 0.4) is 0 Å². The standard InChI is InChI=1S/C28H40N2O4/c1-2-34-24-5-3-23(4-6-24)28(7-9-33-10-8-28)19-30-26(32)18-29-25(31)17-27-14-20-11-21(15-27)13-22(12-20)16-27/h3-6,20-22H,2,7-19H2,1H3,(H,29,31)(H,30,32). The van der Waals surface area contributed by atoms with Crippen molar-refractivity contribution in [1.29, 1.82) is 0 Å². The molecule has 1 aliphatic heterocycles. The van der Waals surface area contributed by atoms with Gasteiger partial charge in [0.2, 0.25) is 11.8 Å². The van der Waals surface area contributed by atoms with Gasteiger partial charge >= 0.3 is 0 Å². The first-order chi connectivity index (χ1) is 16.5. The molecule has 1 aromatic carbocycles. The summed E-state index contributed by atoms with van der Waals surface area (Å²) >= 11 is 0. The summed E-state index contributed by atoms with van der Waals surface area (Å²) in [5.74, 6) is 3.29. The lowest BCUT2D eigenvalue weighted by molar-refractivity contribution is -0.132. The highest BCUT2D eigenvalue weighted by molar-refractivity contribution is 5.85. The summed E-state index contributed by atoms with van der Waals surface area (Å²) in [6.45, 7) is 4.60. The normalized spacial score (nSPS) is 31.1. The van der Waals surface area contributed by atoms with Crippen LogP contribution in [0.15, 0.2) is 24.3 Å². The van der Waals surface area contributed by atoms with Crippen LogP contribution in [0, 0.1) is 23.2 Å². The van der Waals surface area contributed by atoms with Gasteiger partial charge in [0, 0.05) is 31.6 Å². The van der Waals surface area contributed by atoms with Crippen LogP contribution in [0.5, 0.6) is 5.75 Å². The van der Waals surface area contributed by atoms with Gasteiger partial charge in [-0.1, -0.05) is 12.1 Å². The van der Waals surface area contributed by atoms with Gasteiger partial charge in [-0.05, 0) is 99.2 Å². The van der Waals surface area contributed by atoms with Gasteiger partial charge in [-0.2, -0.15) is 0 Å². The summed E-state index contributed by atoms with van der Waals surface area (Å²) < 4.78 is 11.2. The van der Waals surface area contributed by atoms with Gasteiger partial charge in [0.1, 0.15) is 5.75 Å². The summed E-state index contributed by atoms with van der Waals surface area (Å²) in [5, 5.41) is 6.03. The predicted molar refractivity (Wildman–Crippen MR) is 131 cm³/mol. The Hall–Kier alpha value is -2.08. The second kappa shape index (κ2) is 9.88. The number of amides is 2. The number of rotatable bonds is 9. The highest BCUT2D eigenvalue weighted by atomic mass is 16.5. The van der Waals surface area contributed by atoms with Crippen molar-refractivity contribution < 1.29 is 19.1 Å². The molecule has 0 aromatic heterocycles. The summed E-state index contributed by atoms with van der Waals surface area (Å²) in [7, 11) is 0. The molecular weight excluding hydrogens is 428 g/mol. The van der Waals surface area contributed by atoms with Crippen molar-refractivity contribution in [2.45, 2.75) is 70.1 Å². The van der Waals surface area contributed by atoms with Crippen LogP contribution in [0.4, 0.5) is 0 Å². The van der Waals surface area contributed by atoms with Gasteiger partial charge in [0.05, 0.1) is 13.2 Å². The smallest absolute Gasteiger partial charge is 0.239 e. The van der Waals surface area contributed by atoms with Crippen molar-refractivity contribution in [2.24, 2.45) is 23.2 Å². The molecule has 6 nitrogen and oxygen atoms in total. The molecule has 4 aliphatic carbocycles. The quantitative estimate of drug-likeness (QED) is 0.575. The van der Waals surface area contributed by atoms with E-state index in [1.807, 2.05) is 19.1 Å². The minimum absolute atomic E-state index is 0.0457. The molecule has 0 spiro atoms. The van der Waals surface area contributed by atoms with Crippen LogP contribution < -0.4 is 15.4 Å². The molecule has 5 fully saturated rings. The summed E-state index contributed by atoms with van der Waals surface area (Å²) in [6.07, 6.45) is 10.1. The van der Waals surface area contributed by atoms with Crippen molar-refractivity contribution >= 4 is 11.8 Å². The van der Waals surface area contributed by atoms with Crippen molar-refractivity contribution in [3.8, 4) is 5.75 Å². The monoisotopic (exact) mass is 468 g/mol. The zero-order valence-electron chi connectivity index (χ0n) is 20.6. The lowest BCUT2D eigenvalue weighted by Gasteiger charge is -2.56. The van der Waals surface area contributed by atoms with E-state index in [2.05, 4.69) is 22.8 Å². The average molecular weight is 469 g/mol. The third-order valence-corrected chi connectivity index (χ3v) is 9.00. The third-order valence-electron chi connectivity index (χ3n) is 9.00. The largest absolute Gasteiger partial charge is 0.494 e. The van der Waals surface area contributed by atoms with E-state index in [-0.39, 0.29) is 29.2 Å². The van der Waals surface area contributed by atoms with Crippen LogP contribution in [0.2, 0.25) is 0 Å². The molecule has 5 aliphatic rings. The maximum atomic E-state index is 12.8. The topological polar surface area (TPSA) is 76.7 Å². The summed E-state index contributed by atoms with van der Waals surface area (Å²) in [4.78, 5) is 25.5. The summed E-state index contributed by atoms with van der Waals surface area (Å²) in [5.41, 5.74) is 1.25. The Morgan fingerprint density at radius 1 is 0.941 bits per heavy atom. The Morgan fingerprint density at radius 2 is 1.56 bits per heavy atom. The molecule has 1 aromatic rings. The van der Waals surface area contributed by atoms with Gasteiger partial charge in [-0.15, -0.1) is 0 Å². The Labute approximate surface area is 203 Å². The molecule has 1 saturated heterocycles. The first kappa shape index (κ1) is 23.7. The first-order valence-corrected chi connectivity index (χ1v) is 13.3. The number of carbonyl (C=O) groups excluding carboxylic acids is 2. The van der Waals surface area contributed by atoms with E-state index in [0.29, 0.717) is 32.8 Å². The summed E-state index contributed by atoms with van der Waals surface area (Å²) in [6, 6.07) is 8.22. The van der Waals surface area contributed by atoms with Crippen LogP contribution >= 0.6 is 0 Å². The molecule has 186 valence electrons. The Kier molecular flexibility index (Phi) is 6.88. The maximum absolute atomic E-state index is 12.8. The highest BCUT2D eigenvalue weighted by Gasteiger charge is 2.51. The maximum Gasteiger partial charge on any atom is 0.239 e. The van der Waals surface area contributed by atoms with Gasteiger partial charge in [-0.3, -0.25) is 9.59 Å². The van der Waals surface area contributed by atoms with E-state index >= 15 is 0 Å². The minimum Gasteiger partial charge on any atom is -0.494 e. The highest BCUT2D eigenvalue weighted by Crippen LogP contribution is 2.61. The molecule has 2 N–H and O–H groups in total. The van der Waals surface area contributed by atoms with E-state index < -0.39 is 0 Å². The second-order valence-corrected chi connectivity index (χ2v) is 11.5. The van der Waals surface area contributed by atoms with Crippen LogP contribution in [-0.4, -0.2) is 44.7 Å². The molecule has 6 heteroatoms. The van der Waals surface area contributed by atoms with E-state index in [1.54, 1.807) is 0 Å². The van der Waals surface area contributed by atoms with Crippen molar-refractivity contribution in [1.82, 2.24) is 10.6 Å². The van der Waals surface area contributed by atoms with Crippen LogP contribution in [0.1, 0.15) is 70.3 Å². The zero-order valence-corrected chi connectivity index (χ0v) is 20.6. The fourth-order valence-electron chi connectivity index (χ4n) is 7.82. The van der Waals surface area contributed by atoms with Crippen LogP contribution in [0.25, 0.3) is 0 Å². The minimum atomic E-state index is -0.151. The van der Waals surface area contributed by atoms with Crippen LogP contribution in [-0.2, 0) is 19.7 Å². The Bertz CT molecular complexity index is 840. The van der Waals surface area contributed by atoms with Gasteiger partial charge in [0.15, 0.2) is 0 Å². The molecular formula is C28H40N2O4. The molecule has 2 amide bonds. The lowest BCUT2D eigenvalue weighted by atomic mass is 9.49. The van der Waals surface area contributed by atoms with Gasteiger partial charge < -0.3 is 20.1 Å². The SMILES string of the molecule is CCOc1ccc(C2(CNC(=O)CNC(=O)CC34CC5CC(CC(C5)C3)C4)CCOCC2)cc1. The molecule has 6 rings (SSSR count). The Balaban J connectivity index is 1.13. The fourth-order valence-corrected chi connectivity index (χ4v) is 7.82. The first-order valence-electron chi connectivity index (χ1n) is 13.3. The fraction of sp³-hybridized carbons (Fsp3) is 0.714. The number of carbonyl (C=O) groups is 2. The number of hydrogen-bond acceptors (Lipinski definition) is 4. The van der Waals surface area contributed by atoms with E-state index in [0.717, 1.165) is 36.3 Å². The molecule has 0 radical (unpaired) electrons. The Morgan fingerprint density at radius 3 is 2.15 bits per heavy atom. The van der Waals surface area contributed by atoms with E-state index in [1.165, 1.54) is 44.1 Å². The molecule has 34 heavy (non-hydrogen) atoms. The lowest BCUT2D eigenvalue weighted by Crippen LogP contribution is -2.49. The average Bonchev–Trinajstić information content (AvgIpc) is 2.81. The van der Waals surface area contributed by atoms with Crippen molar-refractivity contribution in [2.75, 3.05) is 32.9 Å². The predicted octanol–water partition coefficient (Wildman–Crippen LogP) is 3.97. The molecule has 0 unspecified atom stereocenters. The van der Waals surface area contributed by atoms with Gasteiger partial charge in [0.25, 0.3) is 0 Å². The van der Waals surface area contributed by atoms with Crippen molar-refractivity contribution in [3.63, 3.8) is 0 Å². The molecule has 1 heterocycles. The number of benzene rings is 1. The number of hydrogen-bond donors (Lipinski definition) is 2. The van der Waals surface area contributed by atoms with E-state index in [4.69, 9.17) is 9.47 Å².